The topological polar surface area (TPSA) is 59.6 Å². The van der Waals surface area contributed by atoms with Gasteiger partial charge >= 0.3 is 0 Å². The van der Waals surface area contributed by atoms with Gasteiger partial charge in [0.15, 0.2) is 6.29 Å². The van der Waals surface area contributed by atoms with Crippen LogP contribution < -0.4 is 10.6 Å². The molecule has 1 aromatic rings. The van der Waals surface area contributed by atoms with E-state index in [4.69, 9.17) is 9.47 Å². The molecule has 3 rings (SSSR count). The molecule has 0 spiro atoms. The Morgan fingerprint density at radius 2 is 2.16 bits per heavy atom. The highest BCUT2D eigenvalue weighted by Crippen LogP contribution is 2.25. The van der Waals surface area contributed by atoms with Gasteiger partial charge in [0.25, 0.3) is 0 Å². The predicted octanol–water partition coefficient (Wildman–Crippen LogP) is 1.28. The summed E-state index contributed by atoms with van der Waals surface area (Å²) >= 11 is 0. The molecule has 0 radical (unpaired) electrons. The van der Waals surface area contributed by atoms with Crippen molar-refractivity contribution in [3.8, 4) is 0 Å². The summed E-state index contributed by atoms with van der Waals surface area (Å²) in [4.78, 5) is 12.0. The van der Waals surface area contributed by atoms with Crippen molar-refractivity contribution >= 4 is 11.6 Å². The van der Waals surface area contributed by atoms with Crippen molar-refractivity contribution in [1.82, 2.24) is 5.32 Å². The number of rotatable bonds is 3. The van der Waals surface area contributed by atoms with Gasteiger partial charge in [-0.1, -0.05) is 12.1 Å². The first kappa shape index (κ1) is 12.6. The third-order valence-corrected chi connectivity index (χ3v) is 3.48. The van der Waals surface area contributed by atoms with Crippen LogP contribution in [-0.4, -0.2) is 32.2 Å². The Balaban J connectivity index is 1.66. The van der Waals surface area contributed by atoms with E-state index in [0.717, 1.165) is 30.8 Å². The second-order valence-corrected chi connectivity index (χ2v) is 4.88. The smallest absolute Gasteiger partial charge is 0.228 e. The standard InChI is InChI=1S/C14H18N2O3/c17-13(11-4-5-15-9-11)16-12-3-1-2-10(8-12)14-18-6-7-19-14/h1-3,8,11,14-15H,4-7,9H2,(H,16,17). The summed E-state index contributed by atoms with van der Waals surface area (Å²) in [7, 11) is 0. The Bertz CT molecular complexity index is 452. The Morgan fingerprint density at radius 3 is 2.89 bits per heavy atom. The number of benzene rings is 1. The van der Waals surface area contributed by atoms with Gasteiger partial charge in [0.05, 0.1) is 19.1 Å². The number of carbonyl (C=O) groups is 1. The average Bonchev–Trinajstić information content (AvgIpc) is 3.13. The molecule has 2 aliphatic heterocycles. The second-order valence-electron chi connectivity index (χ2n) is 4.88. The van der Waals surface area contributed by atoms with Crippen LogP contribution in [-0.2, 0) is 14.3 Å². The summed E-state index contributed by atoms with van der Waals surface area (Å²) in [5.74, 6) is 0.151. The van der Waals surface area contributed by atoms with E-state index < -0.39 is 0 Å². The van der Waals surface area contributed by atoms with E-state index in [2.05, 4.69) is 10.6 Å². The molecule has 5 nitrogen and oxygen atoms in total. The summed E-state index contributed by atoms with van der Waals surface area (Å²) in [5, 5.41) is 6.15. The quantitative estimate of drug-likeness (QED) is 0.861. The summed E-state index contributed by atoms with van der Waals surface area (Å²) in [6, 6.07) is 7.65. The van der Waals surface area contributed by atoms with Crippen molar-refractivity contribution in [3.05, 3.63) is 29.8 Å². The van der Waals surface area contributed by atoms with Crippen molar-refractivity contribution in [2.24, 2.45) is 5.92 Å². The number of hydrogen-bond acceptors (Lipinski definition) is 4. The van der Waals surface area contributed by atoms with E-state index in [0.29, 0.717) is 13.2 Å². The minimum absolute atomic E-state index is 0.0719. The summed E-state index contributed by atoms with van der Waals surface area (Å²) in [6.07, 6.45) is 0.602. The highest BCUT2D eigenvalue weighted by molar-refractivity contribution is 5.92. The van der Waals surface area contributed by atoms with Gasteiger partial charge in [0, 0.05) is 17.8 Å². The van der Waals surface area contributed by atoms with Crippen molar-refractivity contribution in [3.63, 3.8) is 0 Å². The van der Waals surface area contributed by atoms with Gasteiger partial charge in [-0.25, -0.2) is 0 Å². The SMILES string of the molecule is O=C(Nc1cccc(C2OCCO2)c1)C1CCNC1. The van der Waals surface area contributed by atoms with Crippen molar-refractivity contribution in [1.29, 1.82) is 0 Å². The zero-order valence-corrected chi connectivity index (χ0v) is 10.7. The first-order valence-corrected chi connectivity index (χ1v) is 6.68. The van der Waals surface area contributed by atoms with Crippen LogP contribution >= 0.6 is 0 Å². The fraction of sp³-hybridized carbons (Fsp3) is 0.500. The minimum Gasteiger partial charge on any atom is -0.346 e. The van der Waals surface area contributed by atoms with Crippen LogP contribution in [0.2, 0.25) is 0 Å². The molecule has 0 aromatic heterocycles. The van der Waals surface area contributed by atoms with Crippen LogP contribution in [0.15, 0.2) is 24.3 Å². The zero-order chi connectivity index (χ0) is 13.1. The van der Waals surface area contributed by atoms with Crippen LogP contribution in [0.1, 0.15) is 18.3 Å². The Kier molecular flexibility index (Phi) is 3.77. The monoisotopic (exact) mass is 262 g/mol. The number of hydrogen-bond donors (Lipinski definition) is 2. The summed E-state index contributed by atoms with van der Waals surface area (Å²) in [6.45, 7) is 2.92. The van der Waals surface area contributed by atoms with E-state index in [1.54, 1.807) is 0 Å². The van der Waals surface area contributed by atoms with Gasteiger partial charge in [0.1, 0.15) is 0 Å². The molecule has 1 aromatic carbocycles. The number of ether oxygens (including phenoxy) is 2. The van der Waals surface area contributed by atoms with Gasteiger partial charge < -0.3 is 20.1 Å². The molecule has 19 heavy (non-hydrogen) atoms. The average molecular weight is 262 g/mol. The number of amides is 1. The number of carbonyl (C=O) groups excluding carboxylic acids is 1. The lowest BCUT2D eigenvalue weighted by atomic mass is 10.1. The minimum atomic E-state index is -0.301. The molecule has 2 N–H and O–H groups in total. The van der Waals surface area contributed by atoms with E-state index in [1.807, 2.05) is 24.3 Å². The van der Waals surface area contributed by atoms with Crippen molar-refractivity contribution in [2.75, 3.05) is 31.6 Å². The Morgan fingerprint density at radius 1 is 1.32 bits per heavy atom. The number of nitrogens with one attached hydrogen (secondary N) is 2. The summed E-state index contributed by atoms with van der Waals surface area (Å²) in [5.41, 5.74) is 1.74. The van der Waals surface area contributed by atoms with E-state index in [-0.39, 0.29) is 18.1 Å². The molecule has 0 aliphatic carbocycles. The molecule has 102 valence electrons. The molecule has 2 aliphatic rings. The summed E-state index contributed by atoms with van der Waals surface area (Å²) < 4.78 is 10.9. The highest BCUT2D eigenvalue weighted by atomic mass is 16.7. The van der Waals surface area contributed by atoms with E-state index in [9.17, 15) is 4.79 Å². The second kappa shape index (κ2) is 5.69. The van der Waals surface area contributed by atoms with Crippen molar-refractivity contribution in [2.45, 2.75) is 12.7 Å². The van der Waals surface area contributed by atoms with Gasteiger partial charge in [-0.15, -0.1) is 0 Å². The molecule has 5 heteroatoms. The number of anilines is 1. The lowest BCUT2D eigenvalue weighted by molar-refractivity contribution is -0.119. The molecule has 1 unspecified atom stereocenters. The maximum absolute atomic E-state index is 12.0. The van der Waals surface area contributed by atoms with Crippen molar-refractivity contribution < 1.29 is 14.3 Å². The molecule has 2 fully saturated rings. The van der Waals surface area contributed by atoms with Gasteiger partial charge in [-0.3, -0.25) is 4.79 Å². The third-order valence-electron chi connectivity index (χ3n) is 3.48. The van der Waals surface area contributed by atoms with Gasteiger partial charge in [-0.05, 0) is 25.1 Å². The largest absolute Gasteiger partial charge is 0.346 e. The van der Waals surface area contributed by atoms with Crippen LogP contribution in [0, 0.1) is 5.92 Å². The first-order chi connectivity index (χ1) is 9.33. The Hall–Kier alpha value is -1.43. The fourth-order valence-corrected chi connectivity index (χ4v) is 2.44. The van der Waals surface area contributed by atoms with Crippen LogP contribution in [0.4, 0.5) is 5.69 Å². The van der Waals surface area contributed by atoms with Crippen LogP contribution in [0.5, 0.6) is 0 Å². The molecular weight excluding hydrogens is 244 g/mol. The van der Waals surface area contributed by atoms with E-state index >= 15 is 0 Å². The van der Waals surface area contributed by atoms with Gasteiger partial charge in [-0.2, -0.15) is 0 Å². The highest BCUT2D eigenvalue weighted by Gasteiger charge is 2.23. The molecule has 0 bridgehead atoms. The molecule has 1 atom stereocenters. The van der Waals surface area contributed by atoms with Crippen LogP contribution in [0.3, 0.4) is 0 Å². The maximum Gasteiger partial charge on any atom is 0.228 e. The first-order valence-electron chi connectivity index (χ1n) is 6.68. The zero-order valence-electron chi connectivity index (χ0n) is 10.7. The Labute approximate surface area is 112 Å². The molecule has 2 heterocycles. The fourth-order valence-electron chi connectivity index (χ4n) is 2.44. The molecule has 1 amide bonds. The predicted molar refractivity (Wildman–Crippen MR) is 70.7 cm³/mol. The normalized spacial score (nSPS) is 23.7. The lowest BCUT2D eigenvalue weighted by Crippen LogP contribution is -2.24. The third kappa shape index (κ3) is 2.94. The maximum atomic E-state index is 12.0. The lowest BCUT2D eigenvalue weighted by Gasteiger charge is -2.13. The molecule has 2 saturated heterocycles. The van der Waals surface area contributed by atoms with Crippen LogP contribution in [0.25, 0.3) is 0 Å². The van der Waals surface area contributed by atoms with E-state index in [1.165, 1.54) is 0 Å². The molecule has 0 saturated carbocycles. The molecular formula is C14H18N2O3. The van der Waals surface area contributed by atoms with Gasteiger partial charge in [0.2, 0.25) is 5.91 Å².